The third-order valence-electron chi connectivity index (χ3n) is 3.46. The van der Waals surface area contributed by atoms with Crippen LogP contribution < -0.4 is 9.04 Å². The summed E-state index contributed by atoms with van der Waals surface area (Å²) in [6.45, 7) is 1.77. The van der Waals surface area contributed by atoms with Gasteiger partial charge in [-0.1, -0.05) is 23.2 Å². The van der Waals surface area contributed by atoms with Crippen LogP contribution in [-0.2, 0) is 19.6 Å². The summed E-state index contributed by atoms with van der Waals surface area (Å²) in [6, 6.07) is 6.41. The van der Waals surface area contributed by atoms with Crippen LogP contribution >= 0.6 is 50.5 Å². The Morgan fingerprint density at radius 3 is 2.33 bits per heavy atom. The summed E-state index contributed by atoms with van der Waals surface area (Å²) in [7, 11) is -2.58. The third-order valence-corrected chi connectivity index (χ3v) is 8.76. The molecule has 6 nitrogen and oxygen atoms in total. The first-order valence-electron chi connectivity index (χ1n) is 7.68. The van der Waals surface area contributed by atoms with Crippen LogP contribution in [0.15, 0.2) is 33.6 Å². The van der Waals surface area contributed by atoms with Crippen molar-refractivity contribution in [2.75, 3.05) is 24.6 Å². The van der Waals surface area contributed by atoms with Crippen LogP contribution in [0.3, 0.4) is 0 Å². The van der Waals surface area contributed by atoms with Gasteiger partial charge in [0.1, 0.15) is 19.3 Å². The summed E-state index contributed by atoms with van der Waals surface area (Å²) in [5, 5.41) is 0. The van der Waals surface area contributed by atoms with Gasteiger partial charge in [-0.2, -0.15) is 0 Å². The fourth-order valence-electron chi connectivity index (χ4n) is 2.23. The van der Waals surface area contributed by atoms with Gasteiger partial charge in [-0.3, -0.25) is 9.10 Å². The van der Waals surface area contributed by atoms with E-state index in [0.29, 0.717) is 11.4 Å². The van der Waals surface area contributed by atoms with Crippen molar-refractivity contribution in [3.63, 3.8) is 0 Å². The minimum atomic E-state index is -4.09. The van der Waals surface area contributed by atoms with Gasteiger partial charge in [-0.05, 0) is 47.1 Å². The Labute approximate surface area is 180 Å². The summed E-state index contributed by atoms with van der Waals surface area (Å²) >= 11 is 16.2. The van der Waals surface area contributed by atoms with E-state index in [1.807, 2.05) is 0 Å². The van der Waals surface area contributed by atoms with E-state index in [0.717, 1.165) is 15.6 Å². The molecule has 0 radical (unpaired) electrons. The van der Waals surface area contributed by atoms with Gasteiger partial charge in [0.15, 0.2) is 0 Å². The van der Waals surface area contributed by atoms with E-state index in [1.54, 1.807) is 31.2 Å². The van der Waals surface area contributed by atoms with Gasteiger partial charge in [-0.25, -0.2) is 8.42 Å². The highest BCUT2D eigenvalue weighted by molar-refractivity contribution is 9.10. The molecule has 0 aliphatic heterocycles. The number of methoxy groups -OCH3 is 1. The number of hydrogen-bond donors (Lipinski definition) is 0. The van der Waals surface area contributed by atoms with Crippen LogP contribution in [0.25, 0.3) is 0 Å². The number of thiophene rings is 1. The van der Waals surface area contributed by atoms with Gasteiger partial charge < -0.3 is 9.47 Å². The maximum atomic E-state index is 13.3. The molecule has 27 heavy (non-hydrogen) atoms. The number of nitrogens with zero attached hydrogens (tertiary/aromatic N) is 1. The van der Waals surface area contributed by atoms with Crippen molar-refractivity contribution in [3.8, 4) is 5.75 Å². The molecule has 0 fully saturated rings. The van der Waals surface area contributed by atoms with Crippen LogP contribution in [0.4, 0.5) is 5.69 Å². The first-order chi connectivity index (χ1) is 12.7. The molecule has 1 aromatic carbocycles. The molecular formula is C16H16BrCl2NO5S2. The molecule has 0 atom stereocenters. The molecular weight excluding hydrogens is 501 g/mol. The Bertz CT molecular complexity index is 916. The fraction of sp³-hybridized carbons (Fsp3) is 0.312. The zero-order chi connectivity index (χ0) is 20.2. The van der Waals surface area contributed by atoms with Crippen molar-refractivity contribution in [1.29, 1.82) is 0 Å². The molecule has 0 spiro atoms. The zero-order valence-corrected chi connectivity index (χ0v) is 19.1. The van der Waals surface area contributed by atoms with E-state index in [1.165, 1.54) is 7.11 Å². The Morgan fingerprint density at radius 1 is 1.22 bits per heavy atom. The zero-order valence-electron chi connectivity index (χ0n) is 14.4. The average Bonchev–Trinajstić information content (AvgIpc) is 2.88. The molecule has 0 saturated carbocycles. The molecule has 2 aromatic rings. The van der Waals surface area contributed by atoms with Crippen LogP contribution in [0.2, 0.25) is 8.67 Å². The van der Waals surface area contributed by atoms with Crippen LogP contribution in [0.1, 0.15) is 13.3 Å². The highest BCUT2D eigenvalue weighted by Crippen LogP contribution is 2.44. The van der Waals surface area contributed by atoms with Gasteiger partial charge in [-0.15, -0.1) is 11.3 Å². The Morgan fingerprint density at radius 2 is 1.85 bits per heavy atom. The van der Waals surface area contributed by atoms with Gasteiger partial charge in [0.2, 0.25) is 0 Å². The molecule has 0 saturated heterocycles. The molecule has 2 rings (SSSR count). The largest absolute Gasteiger partial charge is 0.497 e. The van der Waals surface area contributed by atoms with Crippen LogP contribution in [-0.4, -0.2) is 34.6 Å². The molecule has 0 N–H and O–H groups in total. The molecule has 1 heterocycles. The number of rotatable bonds is 8. The van der Waals surface area contributed by atoms with Crippen LogP contribution in [0, 0.1) is 0 Å². The minimum absolute atomic E-state index is 0.0292. The number of anilines is 1. The summed E-state index contributed by atoms with van der Waals surface area (Å²) < 4.78 is 38.1. The number of halogens is 3. The van der Waals surface area contributed by atoms with Crippen molar-refractivity contribution in [2.24, 2.45) is 0 Å². The molecule has 148 valence electrons. The summed E-state index contributed by atoms with van der Waals surface area (Å²) in [4.78, 5) is 11.6. The Balaban J connectivity index is 2.48. The van der Waals surface area contributed by atoms with E-state index in [-0.39, 0.29) is 37.6 Å². The predicted molar refractivity (Wildman–Crippen MR) is 111 cm³/mol. The lowest BCUT2D eigenvalue weighted by atomic mass is 10.3. The van der Waals surface area contributed by atoms with E-state index < -0.39 is 16.0 Å². The molecule has 0 bridgehead atoms. The monoisotopic (exact) mass is 515 g/mol. The topological polar surface area (TPSA) is 72.9 Å². The first-order valence-corrected chi connectivity index (χ1v) is 11.5. The van der Waals surface area contributed by atoms with Crippen molar-refractivity contribution in [1.82, 2.24) is 0 Å². The SMILES string of the molecule is CCOC(=O)CCN(c1ccc(OC)cc1)S(=O)(=O)c1c(Cl)sc(Cl)c1Br. The van der Waals surface area contributed by atoms with Crippen molar-refractivity contribution < 1.29 is 22.7 Å². The molecule has 1 aromatic heterocycles. The van der Waals surface area contributed by atoms with Gasteiger partial charge in [0, 0.05) is 6.54 Å². The quantitative estimate of drug-likeness (QED) is 0.463. The maximum absolute atomic E-state index is 13.3. The lowest BCUT2D eigenvalue weighted by molar-refractivity contribution is -0.142. The highest BCUT2D eigenvalue weighted by atomic mass is 79.9. The predicted octanol–water partition coefficient (Wildman–Crippen LogP) is 4.97. The maximum Gasteiger partial charge on any atom is 0.307 e. The second-order valence-corrected chi connectivity index (χ2v) is 9.94. The molecule has 0 amide bonds. The Hall–Kier alpha value is -1.000. The summed E-state index contributed by atoms with van der Waals surface area (Å²) in [5.74, 6) is 0.0685. The third kappa shape index (κ3) is 5.08. The van der Waals surface area contributed by atoms with E-state index >= 15 is 0 Å². The van der Waals surface area contributed by atoms with Crippen molar-refractivity contribution in [2.45, 2.75) is 18.2 Å². The minimum Gasteiger partial charge on any atom is -0.497 e. The standard InChI is InChI=1S/C16H16BrCl2NO5S2/c1-3-25-12(21)8-9-20(10-4-6-11(24-2)7-5-10)27(22,23)14-13(17)15(18)26-16(14)19/h4-7H,3,8-9H2,1-2H3. The number of sulfonamides is 1. The second kappa shape index (κ2) is 9.47. The summed E-state index contributed by atoms with van der Waals surface area (Å²) in [6.07, 6.45) is -0.119. The number of ether oxygens (including phenoxy) is 2. The lowest BCUT2D eigenvalue weighted by Crippen LogP contribution is -2.33. The number of esters is 1. The molecule has 0 aliphatic rings. The fourth-order valence-corrected chi connectivity index (χ4v) is 7.18. The molecule has 0 unspecified atom stereocenters. The first kappa shape index (κ1) is 22.3. The number of hydrogen-bond acceptors (Lipinski definition) is 6. The van der Waals surface area contributed by atoms with Crippen LogP contribution in [0.5, 0.6) is 5.75 Å². The number of carbonyl (C=O) groups is 1. The second-order valence-electron chi connectivity index (χ2n) is 5.12. The normalized spacial score (nSPS) is 11.3. The Kier molecular flexibility index (Phi) is 7.82. The molecule has 11 heteroatoms. The van der Waals surface area contributed by atoms with E-state index in [2.05, 4.69) is 15.9 Å². The van der Waals surface area contributed by atoms with Crippen molar-refractivity contribution in [3.05, 3.63) is 37.4 Å². The van der Waals surface area contributed by atoms with Gasteiger partial charge >= 0.3 is 5.97 Å². The highest BCUT2D eigenvalue weighted by Gasteiger charge is 2.33. The van der Waals surface area contributed by atoms with Gasteiger partial charge in [0.25, 0.3) is 10.0 Å². The van der Waals surface area contributed by atoms with E-state index in [4.69, 9.17) is 32.7 Å². The van der Waals surface area contributed by atoms with Crippen molar-refractivity contribution >= 4 is 72.1 Å². The average molecular weight is 517 g/mol. The number of carbonyl (C=O) groups excluding carboxylic acids is 1. The molecule has 0 aliphatic carbocycles. The lowest BCUT2D eigenvalue weighted by Gasteiger charge is -2.24. The smallest absolute Gasteiger partial charge is 0.307 e. The summed E-state index contributed by atoms with van der Waals surface area (Å²) in [5.41, 5.74) is 0.352. The van der Waals surface area contributed by atoms with Gasteiger partial charge in [0.05, 0.1) is 30.3 Å². The van der Waals surface area contributed by atoms with E-state index in [9.17, 15) is 13.2 Å². The number of benzene rings is 1.